The van der Waals surface area contributed by atoms with Crippen LogP contribution in [0, 0.1) is 0 Å². The second-order valence-corrected chi connectivity index (χ2v) is 9.74. The predicted octanol–water partition coefficient (Wildman–Crippen LogP) is 4.49. The number of nitrogens with one attached hydrogen (secondary N) is 1. The Morgan fingerprint density at radius 3 is 2.07 bits per heavy atom. The summed E-state index contributed by atoms with van der Waals surface area (Å²) in [6.45, 7) is 1.91. The number of hydrogen-bond acceptors (Lipinski definition) is 3. The molecule has 1 atom stereocenters. The zero-order chi connectivity index (χ0) is 19.7. The molecule has 2 aromatic carbocycles. The molecular weight excluding hydrogens is 370 g/mol. The predicted molar refractivity (Wildman–Crippen MR) is 111 cm³/mol. The Balaban J connectivity index is 1.62. The molecule has 0 radical (unpaired) electrons. The maximum atomic E-state index is 13.2. The summed E-state index contributed by atoms with van der Waals surface area (Å²) >= 11 is 0. The van der Waals surface area contributed by atoms with Crippen LogP contribution in [0.25, 0.3) is 0 Å². The van der Waals surface area contributed by atoms with Gasteiger partial charge in [0.15, 0.2) is 0 Å². The van der Waals surface area contributed by atoms with E-state index in [2.05, 4.69) is 22.9 Å². The summed E-state index contributed by atoms with van der Waals surface area (Å²) in [4.78, 5) is 0.250. The third-order valence-electron chi connectivity index (χ3n) is 6.12. The lowest BCUT2D eigenvalue weighted by molar-refractivity contribution is 0.400. The third kappa shape index (κ3) is 3.83. The molecule has 0 bridgehead atoms. The fourth-order valence-corrected chi connectivity index (χ4v) is 5.93. The molecule has 4 rings (SSSR count). The molecule has 0 heterocycles. The number of hydrogen-bond donors (Lipinski definition) is 1. The van der Waals surface area contributed by atoms with Gasteiger partial charge < -0.3 is 4.74 Å². The topological polar surface area (TPSA) is 55.4 Å². The first-order valence-corrected chi connectivity index (χ1v) is 11.8. The second-order valence-electron chi connectivity index (χ2n) is 8.06. The van der Waals surface area contributed by atoms with E-state index in [9.17, 15) is 8.42 Å². The zero-order valence-corrected chi connectivity index (χ0v) is 17.6. The van der Waals surface area contributed by atoms with Gasteiger partial charge in [-0.15, -0.1) is 0 Å². The van der Waals surface area contributed by atoms with Gasteiger partial charge in [-0.05, 0) is 98.2 Å². The van der Waals surface area contributed by atoms with Crippen LogP contribution < -0.4 is 9.46 Å². The van der Waals surface area contributed by atoms with Crippen molar-refractivity contribution < 1.29 is 13.2 Å². The summed E-state index contributed by atoms with van der Waals surface area (Å²) in [7, 11) is -2.14. The van der Waals surface area contributed by atoms with Crippen molar-refractivity contribution in [2.45, 2.75) is 69.2 Å². The summed E-state index contributed by atoms with van der Waals surface area (Å²) in [6.07, 6.45) is 8.85. The standard InChI is InChI=1S/C23H29NO3S/c1-16(18-12-11-17-7-3-4-8-19(17)13-18)24-28(25,26)23-15-21-10-6-5-9-20(21)14-22(23)27-2/h11-16,24H,3-10H2,1-2H3/t16-/m0/s1. The highest BCUT2D eigenvalue weighted by Crippen LogP contribution is 2.33. The molecule has 28 heavy (non-hydrogen) atoms. The number of sulfonamides is 1. The van der Waals surface area contributed by atoms with Gasteiger partial charge in [0.1, 0.15) is 10.6 Å². The van der Waals surface area contributed by atoms with Crippen LogP contribution in [0.5, 0.6) is 5.75 Å². The second kappa shape index (κ2) is 7.88. The van der Waals surface area contributed by atoms with Gasteiger partial charge in [0.2, 0.25) is 10.0 Å². The Hall–Kier alpha value is -1.85. The fraction of sp³-hybridized carbons (Fsp3) is 0.478. The average Bonchev–Trinajstić information content (AvgIpc) is 2.72. The van der Waals surface area contributed by atoms with Gasteiger partial charge in [0, 0.05) is 6.04 Å². The first kappa shape index (κ1) is 19.5. The van der Waals surface area contributed by atoms with Crippen molar-refractivity contribution in [3.8, 4) is 5.75 Å². The fourth-order valence-electron chi connectivity index (χ4n) is 4.50. The van der Waals surface area contributed by atoms with Crippen molar-refractivity contribution >= 4 is 10.0 Å². The summed E-state index contributed by atoms with van der Waals surface area (Å²) < 4.78 is 34.7. The first-order valence-electron chi connectivity index (χ1n) is 10.3. The van der Waals surface area contributed by atoms with Gasteiger partial charge in [-0.1, -0.05) is 18.2 Å². The first-order chi connectivity index (χ1) is 13.5. The molecule has 0 aliphatic heterocycles. The van der Waals surface area contributed by atoms with Gasteiger partial charge in [-0.25, -0.2) is 13.1 Å². The summed E-state index contributed by atoms with van der Waals surface area (Å²) in [5.41, 5.74) is 6.13. The number of benzene rings is 2. The minimum Gasteiger partial charge on any atom is -0.495 e. The van der Waals surface area contributed by atoms with Crippen LogP contribution >= 0.6 is 0 Å². The van der Waals surface area contributed by atoms with E-state index < -0.39 is 10.0 Å². The SMILES string of the molecule is COc1cc2c(cc1S(=O)(=O)N[C@@H](C)c1ccc3c(c1)CCCC3)CCCC2. The molecule has 0 fully saturated rings. The van der Waals surface area contributed by atoms with E-state index in [0.29, 0.717) is 5.75 Å². The van der Waals surface area contributed by atoms with Crippen LogP contribution in [0.4, 0.5) is 0 Å². The Morgan fingerprint density at radius 1 is 0.857 bits per heavy atom. The van der Waals surface area contributed by atoms with Crippen molar-refractivity contribution in [3.63, 3.8) is 0 Å². The summed E-state index contributed by atoms with van der Waals surface area (Å²) in [6, 6.07) is 9.82. The molecule has 4 nitrogen and oxygen atoms in total. The van der Waals surface area contributed by atoms with E-state index in [-0.39, 0.29) is 10.9 Å². The van der Waals surface area contributed by atoms with Crippen LogP contribution in [0.2, 0.25) is 0 Å². The zero-order valence-electron chi connectivity index (χ0n) is 16.8. The van der Waals surface area contributed by atoms with Gasteiger partial charge >= 0.3 is 0 Å². The Morgan fingerprint density at radius 2 is 1.43 bits per heavy atom. The minimum atomic E-state index is -3.68. The Kier molecular flexibility index (Phi) is 5.48. The molecule has 0 saturated heterocycles. The maximum absolute atomic E-state index is 13.2. The Bertz CT molecular complexity index is 982. The van der Waals surface area contributed by atoms with E-state index in [1.807, 2.05) is 19.1 Å². The van der Waals surface area contributed by atoms with E-state index in [1.165, 1.54) is 36.6 Å². The van der Waals surface area contributed by atoms with E-state index in [4.69, 9.17) is 4.74 Å². The molecule has 150 valence electrons. The normalized spacial score (nSPS) is 17.5. The molecule has 0 unspecified atom stereocenters. The van der Waals surface area contributed by atoms with E-state index in [1.54, 1.807) is 0 Å². The van der Waals surface area contributed by atoms with Crippen LogP contribution in [0.3, 0.4) is 0 Å². The largest absolute Gasteiger partial charge is 0.495 e. The van der Waals surface area contributed by atoms with Gasteiger partial charge in [-0.3, -0.25) is 0 Å². The van der Waals surface area contributed by atoms with Crippen LogP contribution in [0.15, 0.2) is 35.2 Å². The lowest BCUT2D eigenvalue weighted by Crippen LogP contribution is -2.28. The number of methoxy groups -OCH3 is 1. The summed E-state index contributed by atoms with van der Waals surface area (Å²) in [5, 5.41) is 0. The van der Waals surface area contributed by atoms with Gasteiger partial charge in [0.05, 0.1) is 7.11 Å². The van der Waals surface area contributed by atoms with Crippen LogP contribution in [-0.4, -0.2) is 15.5 Å². The Labute approximate surface area is 168 Å². The van der Waals surface area contributed by atoms with Crippen molar-refractivity contribution in [2.75, 3.05) is 7.11 Å². The number of ether oxygens (including phenoxy) is 1. The van der Waals surface area contributed by atoms with E-state index >= 15 is 0 Å². The minimum absolute atomic E-state index is 0.250. The monoisotopic (exact) mass is 399 g/mol. The average molecular weight is 400 g/mol. The van der Waals surface area contributed by atoms with Crippen LogP contribution in [-0.2, 0) is 35.7 Å². The third-order valence-corrected chi connectivity index (χ3v) is 7.68. The quantitative estimate of drug-likeness (QED) is 0.806. The number of aryl methyl sites for hydroxylation is 4. The van der Waals surface area contributed by atoms with Crippen molar-refractivity contribution in [2.24, 2.45) is 0 Å². The number of rotatable bonds is 5. The highest BCUT2D eigenvalue weighted by molar-refractivity contribution is 7.89. The van der Waals surface area contributed by atoms with Crippen molar-refractivity contribution in [3.05, 3.63) is 58.1 Å². The smallest absolute Gasteiger partial charge is 0.244 e. The molecule has 5 heteroatoms. The van der Waals surface area contributed by atoms with Gasteiger partial charge in [0.25, 0.3) is 0 Å². The molecule has 0 saturated carbocycles. The molecule has 0 spiro atoms. The molecule has 0 aromatic heterocycles. The van der Waals surface area contributed by atoms with Crippen LogP contribution in [0.1, 0.15) is 66.5 Å². The van der Waals surface area contributed by atoms with Crippen molar-refractivity contribution in [1.82, 2.24) is 4.72 Å². The lowest BCUT2D eigenvalue weighted by Gasteiger charge is -2.22. The van der Waals surface area contributed by atoms with Gasteiger partial charge in [-0.2, -0.15) is 0 Å². The molecule has 2 aliphatic carbocycles. The highest BCUT2D eigenvalue weighted by Gasteiger charge is 2.25. The molecule has 2 aromatic rings. The molecule has 2 aliphatic rings. The summed E-state index contributed by atoms with van der Waals surface area (Å²) in [5.74, 6) is 0.436. The molecular formula is C23H29NO3S. The maximum Gasteiger partial charge on any atom is 0.244 e. The van der Waals surface area contributed by atoms with Crippen molar-refractivity contribution in [1.29, 1.82) is 0 Å². The molecule has 0 amide bonds. The highest BCUT2D eigenvalue weighted by atomic mass is 32.2. The number of fused-ring (bicyclic) bond motifs is 2. The molecule has 1 N–H and O–H groups in total. The van der Waals surface area contributed by atoms with E-state index in [0.717, 1.165) is 49.7 Å². The lowest BCUT2D eigenvalue weighted by atomic mass is 9.89.